The fourth-order valence-electron chi connectivity index (χ4n) is 3.14. The predicted molar refractivity (Wildman–Crippen MR) is 73.7 cm³/mol. The molecule has 1 aromatic carbocycles. The summed E-state index contributed by atoms with van der Waals surface area (Å²) in [4.78, 5) is 15.9. The molecule has 0 radical (unpaired) electrons. The quantitative estimate of drug-likeness (QED) is 0.878. The van der Waals surface area contributed by atoms with Crippen LogP contribution in [0.2, 0.25) is 5.02 Å². The number of nitrogens with one attached hydrogen (secondary N) is 1. The number of anilines is 1. The van der Waals surface area contributed by atoms with Gasteiger partial charge in [0.05, 0.1) is 22.5 Å². The van der Waals surface area contributed by atoms with Gasteiger partial charge in [0.1, 0.15) is 0 Å². The van der Waals surface area contributed by atoms with E-state index in [9.17, 15) is 13.6 Å². The summed E-state index contributed by atoms with van der Waals surface area (Å²) in [6, 6.07) is 6.61. The van der Waals surface area contributed by atoms with Crippen molar-refractivity contribution in [3.8, 4) is 0 Å². The molecule has 0 bridgehead atoms. The van der Waals surface area contributed by atoms with E-state index in [-0.39, 0.29) is 5.56 Å². The van der Waals surface area contributed by atoms with Gasteiger partial charge in [0, 0.05) is 30.1 Å². The highest BCUT2D eigenvalue weighted by Crippen LogP contribution is 2.60. The number of aromatic amines is 1. The lowest BCUT2D eigenvalue weighted by Crippen LogP contribution is -2.27. The highest BCUT2D eigenvalue weighted by Gasteiger charge is 2.71. The van der Waals surface area contributed by atoms with Gasteiger partial charge in [-0.15, -0.1) is 0 Å². The van der Waals surface area contributed by atoms with Crippen molar-refractivity contribution >= 4 is 28.2 Å². The van der Waals surface area contributed by atoms with E-state index in [1.807, 2.05) is 4.90 Å². The molecule has 1 aliphatic heterocycles. The minimum absolute atomic E-state index is 0.191. The maximum Gasteiger partial charge on any atom is 0.258 e. The van der Waals surface area contributed by atoms with Crippen molar-refractivity contribution in [3.05, 3.63) is 39.6 Å². The molecule has 4 rings (SSSR count). The van der Waals surface area contributed by atoms with Crippen LogP contribution in [0.1, 0.15) is 0 Å². The largest absolute Gasteiger partial charge is 0.369 e. The first-order valence-corrected chi connectivity index (χ1v) is 6.80. The molecule has 3 nitrogen and oxygen atoms in total. The number of rotatable bonds is 1. The number of halogens is 3. The SMILES string of the molecule is O=c1ccc2c(Cl)c(N3CC4C(C3)C4(F)F)ccc2[nH]1. The third-order valence-electron chi connectivity index (χ3n) is 4.36. The number of piperidine rings is 1. The molecule has 104 valence electrons. The topological polar surface area (TPSA) is 36.1 Å². The minimum Gasteiger partial charge on any atom is -0.369 e. The molecular weight excluding hydrogens is 286 g/mol. The van der Waals surface area contributed by atoms with E-state index in [0.29, 0.717) is 23.6 Å². The number of benzene rings is 1. The Morgan fingerprint density at radius 1 is 1.20 bits per heavy atom. The number of pyridine rings is 1. The fourth-order valence-corrected chi connectivity index (χ4v) is 3.48. The molecule has 20 heavy (non-hydrogen) atoms. The zero-order valence-corrected chi connectivity index (χ0v) is 11.1. The Labute approximate surface area is 118 Å². The molecule has 1 saturated heterocycles. The van der Waals surface area contributed by atoms with Gasteiger partial charge in [0.15, 0.2) is 0 Å². The lowest BCUT2D eigenvalue weighted by molar-refractivity contribution is 0.0798. The van der Waals surface area contributed by atoms with E-state index in [0.717, 1.165) is 11.1 Å². The maximum atomic E-state index is 13.2. The maximum absolute atomic E-state index is 13.2. The highest BCUT2D eigenvalue weighted by molar-refractivity contribution is 6.38. The number of hydrogen-bond acceptors (Lipinski definition) is 2. The van der Waals surface area contributed by atoms with Crippen molar-refractivity contribution < 1.29 is 8.78 Å². The van der Waals surface area contributed by atoms with Crippen LogP contribution >= 0.6 is 11.6 Å². The van der Waals surface area contributed by atoms with Gasteiger partial charge in [0.2, 0.25) is 5.56 Å². The lowest BCUT2D eigenvalue weighted by Gasteiger charge is -2.23. The van der Waals surface area contributed by atoms with E-state index in [1.165, 1.54) is 6.07 Å². The van der Waals surface area contributed by atoms with Crippen LogP contribution in [0.15, 0.2) is 29.1 Å². The van der Waals surface area contributed by atoms with E-state index < -0.39 is 17.8 Å². The molecule has 1 saturated carbocycles. The third kappa shape index (κ3) is 1.53. The van der Waals surface area contributed by atoms with Crippen LogP contribution in [0.25, 0.3) is 10.9 Å². The molecule has 0 amide bonds. The van der Waals surface area contributed by atoms with Gasteiger partial charge < -0.3 is 9.88 Å². The number of H-pyrrole nitrogens is 1. The normalized spacial score (nSPS) is 26.9. The zero-order chi connectivity index (χ0) is 14.1. The summed E-state index contributed by atoms with van der Waals surface area (Å²) in [6.07, 6.45) is 0. The fraction of sp³-hybridized carbons (Fsp3) is 0.357. The second kappa shape index (κ2) is 3.73. The van der Waals surface area contributed by atoms with Gasteiger partial charge in [-0.1, -0.05) is 11.6 Å². The standard InChI is InChI=1S/C14H11ClF2N2O/c15-13-7-1-4-12(20)18-10(7)2-3-11(13)19-5-8-9(6-19)14(8,16)17/h1-4,8-9H,5-6H2,(H,18,20). The Morgan fingerprint density at radius 2 is 1.90 bits per heavy atom. The molecule has 2 aromatic rings. The number of fused-ring (bicyclic) bond motifs is 2. The molecule has 2 heterocycles. The number of nitrogens with zero attached hydrogens (tertiary/aromatic N) is 1. The molecule has 2 aliphatic rings. The molecule has 1 aliphatic carbocycles. The van der Waals surface area contributed by atoms with Gasteiger partial charge in [-0.25, -0.2) is 8.78 Å². The van der Waals surface area contributed by atoms with Crippen LogP contribution in [-0.4, -0.2) is 24.0 Å². The van der Waals surface area contributed by atoms with Crippen molar-refractivity contribution in [2.75, 3.05) is 18.0 Å². The van der Waals surface area contributed by atoms with E-state index in [1.54, 1.807) is 18.2 Å². The molecular formula is C14H11ClF2N2O. The second-order valence-electron chi connectivity index (χ2n) is 5.47. The zero-order valence-electron chi connectivity index (χ0n) is 10.4. The summed E-state index contributed by atoms with van der Waals surface area (Å²) >= 11 is 6.36. The van der Waals surface area contributed by atoms with Crippen LogP contribution in [0.3, 0.4) is 0 Å². The Bertz CT molecular complexity index is 759. The molecule has 1 N–H and O–H groups in total. The first kappa shape index (κ1) is 12.1. The van der Waals surface area contributed by atoms with Gasteiger partial charge in [-0.3, -0.25) is 4.79 Å². The number of alkyl halides is 2. The second-order valence-corrected chi connectivity index (χ2v) is 5.85. The number of hydrogen-bond donors (Lipinski definition) is 1. The Hall–Kier alpha value is -1.62. The first-order valence-electron chi connectivity index (χ1n) is 6.43. The Kier molecular flexibility index (Phi) is 2.26. The van der Waals surface area contributed by atoms with Gasteiger partial charge >= 0.3 is 0 Å². The van der Waals surface area contributed by atoms with Crippen molar-refractivity contribution in [2.24, 2.45) is 11.8 Å². The van der Waals surface area contributed by atoms with Gasteiger partial charge in [0.25, 0.3) is 5.92 Å². The summed E-state index contributed by atoms with van der Waals surface area (Å²) in [5.74, 6) is -3.57. The molecule has 0 spiro atoms. The molecule has 6 heteroatoms. The van der Waals surface area contributed by atoms with Gasteiger partial charge in [-0.05, 0) is 18.2 Å². The van der Waals surface area contributed by atoms with E-state index in [2.05, 4.69) is 4.98 Å². The van der Waals surface area contributed by atoms with Crippen molar-refractivity contribution in [3.63, 3.8) is 0 Å². The number of aromatic nitrogens is 1. The van der Waals surface area contributed by atoms with Crippen LogP contribution in [0.5, 0.6) is 0 Å². The van der Waals surface area contributed by atoms with Gasteiger partial charge in [-0.2, -0.15) is 0 Å². The molecule has 2 unspecified atom stereocenters. The summed E-state index contributed by atoms with van der Waals surface area (Å²) in [5, 5.41) is 1.24. The van der Waals surface area contributed by atoms with Crippen molar-refractivity contribution in [1.82, 2.24) is 4.98 Å². The highest BCUT2D eigenvalue weighted by atomic mass is 35.5. The molecule has 1 aromatic heterocycles. The average molecular weight is 297 g/mol. The summed E-state index contributed by atoms with van der Waals surface area (Å²) in [7, 11) is 0. The first-order chi connectivity index (χ1) is 9.48. The lowest BCUT2D eigenvalue weighted by atomic mass is 10.2. The third-order valence-corrected chi connectivity index (χ3v) is 4.76. The van der Waals surface area contributed by atoms with Crippen LogP contribution in [-0.2, 0) is 0 Å². The molecule has 2 atom stereocenters. The van der Waals surface area contributed by atoms with E-state index >= 15 is 0 Å². The monoisotopic (exact) mass is 296 g/mol. The summed E-state index contributed by atoms with van der Waals surface area (Å²) in [5.41, 5.74) is 1.22. The summed E-state index contributed by atoms with van der Waals surface area (Å²) < 4.78 is 26.5. The minimum atomic E-state index is -2.49. The van der Waals surface area contributed by atoms with Crippen LogP contribution in [0, 0.1) is 11.8 Å². The smallest absolute Gasteiger partial charge is 0.258 e. The van der Waals surface area contributed by atoms with Crippen molar-refractivity contribution in [2.45, 2.75) is 5.92 Å². The van der Waals surface area contributed by atoms with Crippen LogP contribution < -0.4 is 10.5 Å². The Balaban J connectivity index is 1.74. The average Bonchev–Trinajstić information content (AvgIpc) is 2.79. The van der Waals surface area contributed by atoms with Crippen LogP contribution in [0.4, 0.5) is 14.5 Å². The Morgan fingerprint density at radius 3 is 2.60 bits per heavy atom. The van der Waals surface area contributed by atoms with E-state index in [4.69, 9.17) is 11.6 Å². The molecule has 2 fully saturated rings. The van der Waals surface area contributed by atoms with Crippen molar-refractivity contribution in [1.29, 1.82) is 0 Å². The summed E-state index contributed by atoms with van der Waals surface area (Å²) in [6.45, 7) is 0.679. The predicted octanol–water partition coefficient (Wildman–Crippen LogP) is 2.88.